The number of amides is 2. The lowest BCUT2D eigenvalue weighted by Gasteiger charge is -2.30. The molecule has 3 heterocycles. The Balaban J connectivity index is 1.27. The molecule has 2 amide bonds. The van der Waals surface area contributed by atoms with E-state index < -0.39 is 0 Å². The van der Waals surface area contributed by atoms with E-state index in [9.17, 15) is 4.79 Å². The van der Waals surface area contributed by atoms with Gasteiger partial charge in [0.05, 0.1) is 12.1 Å². The van der Waals surface area contributed by atoms with Crippen LogP contribution in [0.15, 0.2) is 48.7 Å². The van der Waals surface area contributed by atoms with Gasteiger partial charge in [0.1, 0.15) is 5.75 Å². The number of pyridine rings is 1. The van der Waals surface area contributed by atoms with Crippen molar-refractivity contribution in [2.75, 3.05) is 19.7 Å². The van der Waals surface area contributed by atoms with Crippen LogP contribution in [-0.4, -0.2) is 40.2 Å². The quantitative estimate of drug-likeness (QED) is 0.637. The van der Waals surface area contributed by atoms with Gasteiger partial charge in [0.25, 0.3) is 0 Å². The average molecular weight is 393 g/mol. The molecule has 1 aliphatic rings. The van der Waals surface area contributed by atoms with Crippen molar-refractivity contribution in [1.29, 1.82) is 0 Å². The number of piperidine rings is 1. The summed E-state index contributed by atoms with van der Waals surface area (Å²) in [6.07, 6.45) is 6.06. The highest BCUT2D eigenvalue weighted by molar-refractivity contribution is 5.72. The SMILES string of the molecule is Cc1c(-c2ccc(OCCCC3CCN(C(N)=O)CC3)cc2)ccc2ccnn12. The van der Waals surface area contributed by atoms with Gasteiger partial charge in [0, 0.05) is 30.5 Å². The second-order valence-electron chi connectivity index (χ2n) is 7.78. The second kappa shape index (κ2) is 8.55. The lowest BCUT2D eigenvalue weighted by molar-refractivity contribution is 0.172. The molecule has 0 spiro atoms. The van der Waals surface area contributed by atoms with E-state index in [0.29, 0.717) is 12.5 Å². The van der Waals surface area contributed by atoms with Crippen molar-refractivity contribution in [3.8, 4) is 16.9 Å². The highest BCUT2D eigenvalue weighted by Gasteiger charge is 2.20. The zero-order chi connectivity index (χ0) is 20.2. The third kappa shape index (κ3) is 4.36. The van der Waals surface area contributed by atoms with E-state index >= 15 is 0 Å². The standard InChI is InChI=1S/C23H28N4O2/c1-17-22(9-6-20-10-13-25-27(17)20)19-4-7-21(8-5-19)29-16-2-3-18-11-14-26(15-12-18)23(24)28/h4-10,13,18H,2-3,11-12,14-16H2,1H3,(H2,24,28). The maximum Gasteiger partial charge on any atom is 0.314 e. The number of carbonyl (C=O) groups excluding carboxylic acids is 1. The van der Waals surface area contributed by atoms with Crippen LogP contribution in [0.1, 0.15) is 31.4 Å². The predicted molar refractivity (Wildman–Crippen MR) is 114 cm³/mol. The number of fused-ring (bicyclic) bond motifs is 1. The molecule has 6 nitrogen and oxygen atoms in total. The molecular formula is C23H28N4O2. The fourth-order valence-corrected chi connectivity index (χ4v) is 4.16. The number of aryl methyl sites for hydroxylation is 1. The molecule has 4 rings (SSSR count). The first-order valence-electron chi connectivity index (χ1n) is 10.3. The zero-order valence-corrected chi connectivity index (χ0v) is 16.9. The van der Waals surface area contributed by atoms with Crippen LogP contribution in [0.5, 0.6) is 5.75 Å². The Bertz CT molecular complexity index is 972. The highest BCUT2D eigenvalue weighted by Crippen LogP contribution is 2.27. The monoisotopic (exact) mass is 392 g/mol. The summed E-state index contributed by atoms with van der Waals surface area (Å²) in [6, 6.07) is 14.2. The molecule has 1 aromatic carbocycles. The Labute approximate surface area is 171 Å². The molecule has 152 valence electrons. The maximum absolute atomic E-state index is 11.2. The number of rotatable bonds is 6. The number of benzene rings is 1. The summed E-state index contributed by atoms with van der Waals surface area (Å²) in [5.41, 5.74) is 9.90. The number of urea groups is 1. The number of aromatic nitrogens is 2. The molecule has 0 radical (unpaired) electrons. The van der Waals surface area contributed by atoms with Gasteiger partial charge in [-0.1, -0.05) is 18.2 Å². The number of primary amides is 1. The minimum Gasteiger partial charge on any atom is -0.494 e. The molecule has 0 bridgehead atoms. The summed E-state index contributed by atoms with van der Waals surface area (Å²) < 4.78 is 7.90. The van der Waals surface area contributed by atoms with Crippen molar-refractivity contribution in [2.45, 2.75) is 32.6 Å². The van der Waals surface area contributed by atoms with Gasteiger partial charge in [-0.05, 0) is 68.4 Å². The molecule has 0 saturated carbocycles. The molecule has 0 atom stereocenters. The number of hydrogen-bond acceptors (Lipinski definition) is 3. The predicted octanol–water partition coefficient (Wildman–Crippen LogP) is 4.26. The fourth-order valence-electron chi connectivity index (χ4n) is 4.16. The van der Waals surface area contributed by atoms with Crippen LogP contribution in [0.4, 0.5) is 4.79 Å². The molecule has 3 aromatic rings. The van der Waals surface area contributed by atoms with Gasteiger partial charge in [0.2, 0.25) is 0 Å². The van der Waals surface area contributed by atoms with Crippen molar-refractivity contribution in [3.63, 3.8) is 0 Å². The molecule has 0 unspecified atom stereocenters. The Morgan fingerprint density at radius 1 is 1.14 bits per heavy atom. The van der Waals surface area contributed by atoms with Crippen LogP contribution in [0.3, 0.4) is 0 Å². The zero-order valence-electron chi connectivity index (χ0n) is 16.9. The van der Waals surface area contributed by atoms with E-state index in [1.165, 1.54) is 5.56 Å². The summed E-state index contributed by atoms with van der Waals surface area (Å²) >= 11 is 0. The van der Waals surface area contributed by atoms with Crippen LogP contribution < -0.4 is 10.5 Å². The van der Waals surface area contributed by atoms with Crippen LogP contribution in [0, 0.1) is 12.8 Å². The fraction of sp³-hybridized carbons (Fsp3) is 0.391. The molecule has 2 N–H and O–H groups in total. The summed E-state index contributed by atoms with van der Waals surface area (Å²) in [7, 11) is 0. The third-order valence-electron chi connectivity index (χ3n) is 5.92. The van der Waals surface area contributed by atoms with Crippen LogP contribution >= 0.6 is 0 Å². The van der Waals surface area contributed by atoms with Gasteiger partial charge < -0.3 is 15.4 Å². The van der Waals surface area contributed by atoms with E-state index in [1.54, 1.807) is 4.90 Å². The summed E-state index contributed by atoms with van der Waals surface area (Å²) in [5, 5.41) is 4.39. The third-order valence-corrected chi connectivity index (χ3v) is 5.92. The number of carbonyl (C=O) groups is 1. The number of likely N-dealkylation sites (tertiary alicyclic amines) is 1. The van der Waals surface area contributed by atoms with E-state index in [1.807, 2.05) is 28.9 Å². The lowest BCUT2D eigenvalue weighted by atomic mass is 9.92. The first-order valence-corrected chi connectivity index (χ1v) is 10.3. The molecule has 1 aliphatic heterocycles. The molecule has 2 aromatic heterocycles. The Hall–Kier alpha value is -3.02. The minimum atomic E-state index is -0.296. The normalized spacial score (nSPS) is 15.0. The number of nitrogens with zero attached hydrogens (tertiary/aromatic N) is 3. The summed E-state index contributed by atoms with van der Waals surface area (Å²) in [4.78, 5) is 12.9. The Kier molecular flexibility index (Phi) is 5.69. The molecule has 0 aliphatic carbocycles. The van der Waals surface area contributed by atoms with Gasteiger partial charge in [0.15, 0.2) is 0 Å². The maximum atomic E-state index is 11.2. The van der Waals surface area contributed by atoms with Gasteiger partial charge >= 0.3 is 6.03 Å². The van der Waals surface area contributed by atoms with E-state index in [0.717, 1.165) is 61.3 Å². The van der Waals surface area contributed by atoms with Crippen LogP contribution in [0.25, 0.3) is 16.6 Å². The molecule has 29 heavy (non-hydrogen) atoms. The number of hydrogen-bond donors (Lipinski definition) is 1. The Morgan fingerprint density at radius 2 is 1.90 bits per heavy atom. The largest absolute Gasteiger partial charge is 0.494 e. The van der Waals surface area contributed by atoms with Crippen molar-refractivity contribution in [1.82, 2.24) is 14.5 Å². The second-order valence-corrected chi connectivity index (χ2v) is 7.78. The number of nitrogens with two attached hydrogens (primary N) is 1. The smallest absolute Gasteiger partial charge is 0.314 e. The van der Waals surface area contributed by atoms with E-state index in [4.69, 9.17) is 10.5 Å². The Morgan fingerprint density at radius 3 is 2.62 bits per heavy atom. The molecule has 6 heteroatoms. The molecular weight excluding hydrogens is 364 g/mol. The van der Waals surface area contributed by atoms with Crippen molar-refractivity contribution in [3.05, 3.63) is 54.4 Å². The van der Waals surface area contributed by atoms with Gasteiger partial charge in [-0.2, -0.15) is 5.10 Å². The first-order chi connectivity index (χ1) is 14.1. The van der Waals surface area contributed by atoms with E-state index in [2.05, 4.69) is 36.3 Å². The van der Waals surface area contributed by atoms with Gasteiger partial charge in [-0.15, -0.1) is 0 Å². The number of ether oxygens (including phenoxy) is 1. The van der Waals surface area contributed by atoms with Crippen LogP contribution in [0.2, 0.25) is 0 Å². The van der Waals surface area contributed by atoms with Crippen molar-refractivity contribution in [2.24, 2.45) is 11.7 Å². The van der Waals surface area contributed by atoms with Crippen molar-refractivity contribution < 1.29 is 9.53 Å². The van der Waals surface area contributed by atoms with Crippen LogP contribution in [-0.2, 0) is 0 Å². The topological polar surface area (TPSA) is 72.9 Å². The van der Waals surface area contributed by atoms with Gasteiger partial charge in [-0.25, -0.2) is 9.31 Å². The van der Waals surface area contributed by atoms with E-state index in [-0.39, 0.29) is 6.03 Å². The summed E-state index contributed by atoms with van der Waals surface area (Å²) in [5.74, 6) is 1.56. The van der Waals surface area contributed by atoms with Gasteiger partial charge in [-0.3, -0.25) is 0 Å². The lowest BCUT2D eigenvalue weighted by Crippen LogP contribution is -2.41. The first kappa shape index (κ1) is 19.3. The molecule has 1 saturated heterocycles. The minimum absolute atomic E-state index is 0.296. The summed E-state index contributed by atoms with van der Waals surface area (Å²) in [6.45, 7) is 4.37. The molecule has 1 fully saturated rings. The average Bonchev–Trinajstić information content (AvgIpc) is 3.22. The highest BCUT2D eigenvalue weighted by atomic mass is 16.5. The van der Waals surface area contributed by atoms with Crippen molar-refractivity contribution >= 4 is 11.5 Å².